The molecule has 2 rings (SSSR count). The standard InChI is InChI=1S/C14H13FO2/c1-10(16)11-7-8-14(13(15)9-11)17-12-5-3-2-4-6-12/h2-10,16H,1H3/t10-/m0/s1. The van der Waals surface area contributed by atoms with Gasteiger partial charge in [0.25, 0.3) is 0 Å². The molecule has 0 aliphatic carbocycles. The molecule has 0 bridgehead atoms. The maximum Gasteiger partial charge on any atom is 0.166 e. The molecule has 88 valence electrons. The number of aliphatic hydroxyl groups excluding tert-OH is 1. The number of halogens is 1. The Bertz CT molecular complexity index is 495. The smallest absolute Gasteiger partial charge is 0.166 e. The minimum Gasteiger partial charge on any atom is -0.454 e. The first kappa shape index (κ1) is 11.6. The third-order valence-electron chi connectivity index (χ3n) is 2.41. The number of hydrogen-bond acceptors (Lipinski definition) is 2. The van der Waals surface area contributed by atoms with Crippen LogP contribution < -0.4 is 4.74 Å². The van der Waals surface area contributed by atoms with E-state index in [0.29, 0.717) is 11.3 Å². The summed E-state index contributed by atoms with van der Waals surface area (Å²) in [6, 6.07) is 13.4. The molecular formula is C14H13FO2. The molecule has 0 fully saturated rings. The summed E-state index contributed by atoms with van der Waals surface area (Å²) in [5.41, 5.74) is 0.530. The molecule has 0 heterocycles. The average molecular weight is 232 g/mol. The summed E-state index contributed by atoms with van der Waals surface area (Å²) >= 11 is 0. The van der Waals surface area contributed by atoms with Gasteiger partial charge >= 0.3 is 0 Å². The lowest BCUT2D eigenvalue weighted by Gasteiger charge is -2.09. The Labute approximate surface area is 99.3 Å². The number of benzene rings is 2. The second-order valence-corrected chi connectivity index (χ2v) is 3.78. The van der Waals surface area contributed by atoms with Crippen LogP contribution in [0.5, 0.6) is 11.5 Å². The molecule has 0 aromatic heterocycles. The molecule has 0 saturated carbocycles. The Morgan fingerprint density at radius 3 is 2.41 bits per heavy atom. The molecular weight excluding hydrogens is 219 g/mol. The van der Waals surface area contributed by atoms with E-state index in [1.807, 2.05) is 18.2 Å². The van der Waals surface area contributed by atoms with Gasteiger partial charge in [0.15, 0.2) is 11.6 Å². The van der Waals surface area contributed by atoms with Gasteiger partial charge in [-0.3, -0.25) is 0 Å². The van der Waals surface area contributed by atoms with Gasteiger partial charge in [-0.25, -0.2) is 4.39 Å². The largest absolute Gasteiger partial charge is 0.454 e. The monoisotopic (exact) mass is 232 g/mol. The molecule has 1 atom stereocenters. The van der Waals surface area contributed by atoms with Gasteiger partial charge in [-0.15, -0.1) is 0 Å². The zero-order valence-corrected chi connectivity index (χ0v) is 9.43. The summed E-state index contributed by atoms with van der Waals surface area (Å²) in [5.74, 6) is 0.254. The maximum absolute atomic E-state index is 13.7. The van der Waals surface area contributed by atoms with Crippen LogP contribution in [0.3, 0.4) is 0 Å². The predicted molar refractivity (Wildman–Crippen MR) is 63.5 cm³/mol. The molecule has 0 aliphatic rings. The van der Waals surface area contributed by atoms with Gasteiger partial charge in [0, 0.05) is 0 Å². The van der Waals surface area contributed by atoms with Crippen LogP contribution in [-0.4, -0.2) is 5.11 Å². The Morgan fingerprint density at radius 2 is 1.82 bits per heavy atom. The summed E-state index contributed by atoms with van der Waals surface area (Å²) in [6.07, 6.45) is -0.685. The van der Waals surface area contributed by atoms with Gasteiger partial charge in [-0.2, -0.15) is 0 Å². The first-order chi connectivity index (χ1) is 8.16. The van der Waals surface area contributed by atoms with E-state index in [1.165, 1.54) is 12.1 Å². The molecule has 0 amide bonds. The third kappa shape index (κ3) is 2.82. The van der Waals surface area contributed by atoms with E-state index in [0.717, 1.165) is 0 Å². The van der Waals surface area contributed by atoms with Crippen molar-refractivity contribution in [3.63, 3.8) is 0 Å². The van der Waals surface area contributed by atoms with Crippen molar-refractivity contribution in [1.29, 1.82) is 0 Å². The van der Waals surface area contributed by atoms with Crippen LogP contribution in [0.2, 0.25) is 0 Å². The number of rotatable bonds is 3. The van der Waals surface area contributed by atoms with Crippen LogP contribution in [0.1, 0.15) is 18.6 Å². The lowest BCUT2D eigenvalue weighted by Crippen LogP contribution is -1.94. The lowest BCUT2D eigenvalue weighted by atomic mass is 10.1. The van der Waals surface area contributed by atoms with Gasteiger partial charge in [0.2, 0.25) is 0 Å². The van der Waals surface area contributed by atoms with E-state index >= 15 is 0 Å². The van der Waals surface area contributed by atoms with Crippen molar-refractivity contribution in [2.75, 3.05) is 0 Å². The Morgan fingerprint density at radius 1 is 1.12 bits per heavy atom. The normalized spacial score (nSPS) is 12.2. The summed E-state index contributed by atoms with van der Waals surface area (Å²) in [5, 5.41) is 9.32. The molecule has 3 heteroatoms. The highest BCUT2D eigenvalue weighted by Crippen LogP contribution is 2.26. The molecule has 2 aromatic carbocycles. The van der Waals surface area contributed by atoms with Gasteiger partial charge < -0.3 is 9.84 Å². The number of aliphatic hydroxyl groups is 1. The second kappa shape index (κ2) is 4.97. The molecule has 1 N–H and O–H groups in total. The van der Waals surface area contributed by atoms with Crippen LogP contribution in [0.15, 0.2) is 48.5 Å². The van der Waals surface area contributed by atoms with Crippen molar-refractivity contribution in [2.24, 2.45) is 0 Å². The van der Waals surface area contributed by atoms with Crippen molar-refractivity contribution < 1.29 is 14.2 Å². The molecule has 2 aromatic rings. The summed E-state index contributed by atoms with van der Waals surface area (Å²) in [4.78, 5) is 0. The van der Waals surface area contributed by atoms with Crippen LogP contribution >= 0.6 is 0 Å². The fourth-order valence-corrected chi connectivity index (χ4v) is 1.48. The second-order valence-electron chi connectivity index (χ2n) is 3.78. The minimum atomic E-state index is -0.685. The zero-order chi connectivity index (χ0) is 12.3. The van der Waals surface area contributed by atoms with E-state index in [1.54, 1.807) is 25.1 Å². The first-order valence-electron chi connectivity index (χ1n) is 5.37. The predicted octanol–water partition coefficient (Wildman–Crippen LogP) is 3.67. The number of hydrogen-bond donors (Lipinski definition) is 1. The van der Waals surface area contributed by atoms with Gasteiger partial charge in [0.05, 0.1) is 6.10 Å². The molecule has 17 heavy (non-hydrogen) atoms. The van der Waals surface area contributed by atoms with E-state index in [2.05, 4.69) is 0 Å². The van der Waals surface area contributed by atoms with Crippen molar-refractivity contribution >= 4 is 0 Å². The van der Waals surface area contributed by atoms with Gasteiger partial charge in [-0.1, -0.05) is 24.3 Å². The minimum absolute atomic E-state index is 0.153. The molecule has 0 spiro atoms. The highest BCUT2D eigenvalue weighted by atomic mass is 19.1. The van der Waals surface area contributed by atoms with Crippen LogP contribution in [0.4, 0.5) is 4.39 Å². The van der Waals surface area contributed by atoms with Gasteiger partial charge in [0.1, 0.15) is 5.75 Å². The SMILES string of the molecule is C[C@H](O)c1ccc(Oc2ccccc2)c(F)c1. The van der Waals surface area contributed by atoms with Crippen LogP contribution in [-0.2, 0) is 0 Å². The number of para-hydroxylation sites is 1. The van der Waals surface area contributed by atoms with E-state index in [4.69, 9.17) is 4.74 Å². The Hall–Kier alpha value is -1.87. The first-order valence-corrected chi connectivity index (χ1v) is 5.37. The number of ether oxygens (including phenoxy) is 1. The Balaban J connectivity index is 2.23. The van der Waals surface area contributed by atoms with Crippen molar-refractivity contribution in [2.45, 2.75) is 13.0 Å². The molecule has 0 saturated heterocycles. The third-order valence-corrected chi connectivity index (χ3v) is 2.41. The maximum atomic E-state index is 13.7. The van der Waals surface area contributed by atoms with Crippen LogP contribution in [0.25, 0.3) is 0 Å². The summed E-state index contributed by atoms with van der Waals surface area (Å²) < 4.78 is 19.0. The van der Waals surface area contributed by atoms with Crippen molar-refractivity contribution in [3.05, 3.63) is 59.9 Å². The quantitative estimate of drug-likeness (QED) is 0.874. The topological polar surface area (TPSA) is 29.5 Å². The van der Waals surface area contributed by atoms with E-state index in [9.17, 15) is 9.50 Å². The van der Waals surface area contributed by atoms with Crippen LogP contribution in [0, 0.1) is 5.82 Å². The molecule has 2 nitrogen and oxygen atoms in total. The van der Waals surface area contributed by atoms with E-state index < -0.39 is 11.9 Å². The molecule has 0 aliphatic heterocycles. The molecule has 0 radical (unpaired) electrons. The van der Waals surface area contributed by atoms with E-state index in [-0.39, 0.29) is 5.75 Å². The lowest BCUT2D eigenvalue weighted by molar-refractivity contribution is 0.198. The summed E-state index contributed by atoms with van der Waals surface area (Å²) in [7, 11) is 0. The fourth-order valence-electron chi connectivity index (χ4n) is 1.48. The van der Waals surface area contributed by atoms with Crippen molar-refractivity contribution in [3.8, 4) is 11.5 Å². The van der Waals surface area contributed by atoms with Crippen molar-refractivity contribution in [1.82, 2.24) is 0 Å². The molecule has 0 unspecified atom stereocenters. The average Bonchev–Trinajstić information content (AvgIpc) is 2.33. The fraction of sp³-hybridized carbons (Fsp3) is 0.143. The highest BCUT2D eigenvalue weighted by molar-refractivity contribution is 5.34. The Kier molecular flexibility index (Phi) is 3.40. The summed E-state index contributed by atoms with van der Waals surface area (Å²) in [6.45, 7) is 1.59. The van der Waals surface area contributed by atoms with Gasteiger partial charge in [-0.05, 0) is 36.8 Å². The highest BCUT2D eigenvalue weighted by Gasteiger charge is 2.08. The zero-order valence-electron chi connectivity index (χ0n) is 9.43.